The molecule has 3 heteroatoms. The molecule has 1 atom stereocenters. The number of ether oxygens (including phenoxy) is 1. The van der Waals surface area contributed by atoms with Gasteiger partial charge in [0.15, 0.2) is 6.04 Å². The van der Waals surface area contributed by atoms with Gasteiger partial charge in [-0.3, -0.25) is 0 Å². The summed E-state index contributed by atoms with van der Waals surface area (Å²) in [5.74, 6) is 0.0300. The Kier molecular flexibility index (Phi) is 3.24. The first-order chi connectivity index (χ1) is 4.09. The van der Waals surface area contributed by atoms with Gasteiger partial charge >= 0.3 is 5.97 Å². The van der Waals surface area contributed by atoms with E-state index in [9.17, 15) is 4.79 Å². The highest BCUT2D eigenvalue weighted by Gasteiger charge is 2.20. The Balaban J connectivity index is 3.72. The topological polar surface area (TPSA) is 53.9 Å². The van der Waals surface area contributed by atoms with E-state index in [1.807, 2.05) is 13.8 Å². The first-order valence-corrected chi connectivity index (χ1v) is 3.00. The zero-order valence-corrected chi connectivity index (χ0v) is 6.18. The second kappa shape index (κ2) is 3.45. The summed E-state index contributed by atoms with van der Waals surface area (Å²) in [6, 6.07) is -0.227. The zero-order chi connectivity index (χ0) is 7.44. The van der Waals surface area contributed by atoms with Gasteiger partial charge in [0.05, 0.1) is 7.11 Å². The molecular weight excluding hydrogens is 118 g/mol. The van der Waals surface area contributed by atoms with E-state index in [-0.39, 0.29) is 17.9 Å². The van der Waals surface area contributed by atoms with E-state index in [1.54, 1.807) is 0 Å². The third kappa shape index (κ3) is 2.46. The number of methoxy groups -OCH3 is 1. The van der Waals surface area contributed by atoms with E-state index < -0.39 is 0 Å². The van der Waals surface area contributed by atoms with E-state index in [4.69, 9.17) is 0 Å². The van der Waals surface area contributed by atoms with Crippen molar-refractivity contribution in [3.8, 4) is 0 Å². The minimum Gasteiger partial charge on any atom is -0.465 e. The highest BCUT2D eigenvalue weighted by atomic mass is 16.5. The van der Waals surface area contributed by atoms with Crippen molar-refractivity contribution in [1.29, 1.82) is 0 Å². The monoisotopic (exact) mass is 132 g/mol. The Bertz CT molecular complexity index is 101. The van der Waals surface area contributed by atoms with Crippen molar-refractivity contribution in [3.05, 3.63) is 0 Å². The summed E-state index contributed by atoms with van der Waals surface area (Å²) in [6.45, 7) is 3.88. The Morgan fingerprint density at radius 3 is 2.11 bits per heavy atom. The van der Waals surface area contributed by atoms with Gasteiger partial charge in [-0.1, -0.05) is 13.8 Å². The standard InChI is InChI=1S/C6H13NO2/c1-4(2)5(7)6(8)9-3/h4-5H,7H2,1-3H3/p+1/t5-/m1/s1. The Labute approximate surface area is 55.2 Å². The average molecular weight is 132 g/mol. The minimum atomic E-state index is -0.231. The summed E-state index contributed by atoms with van der Waals surface area (Å²) in [4.78, 5) is 10.7. The van der Waals surface area contributed by atoms with Crippen LogP contribution in [0.5, 0.6) is 0 Å². The predicted octanol–water partition coefficient (Wildman–Crippen LogP) is -0.574. The van der Waals surface area contributed by atoms with E-state index in [1.165, 1.54) is 7.11 Å². The van der Waals surface area contributed by atoms with Gasteiger partial charge in [0.25, 0.3) is 0 Å². The number of rotatable bonds is 2. The Hall–Kier alpha value is -0.570. The number of hydrogen-bond donors (Lipinski definition) is 1. The maximum atomic E-state index is 10.7. The Morgan fingerprint density at radius 1 is 1.56 bits per heavy atom. The van der Waals surface area contributed by atoms with E-state index in [2.05, 4.69) is 10.5 Å². The van der Waals surface area contributed by atoms with Gasteiger partial charge in [-0.2, -0.15) is 0 Å². The van der Waals surface area contributed by atoms with Crippen LogP contribution in [0.4, 0.5) is 0 Å². The van der Waals surface area contributed by atoms with Gasteiger partial charge in [0.1, 0.15) is 0 Å². The summed E-state index contributed by atoms with van der Waals surface area (Å²) in [5.41, 5.74) is 3.63. The molecule has 3 nitrogen and oxygen atoms in total. The van der Waals surface area contributed by atoms with Crippen LogP contribution in [0.1, 0.15) is 13.8 Å². The molecule has 0 bridgehead atoms. The number of hydrogen-bond acceptors (Lipinski definition) is 2. The average Bonchev–Trinajstić information content (AvgIpc) is 1.84. The number of quaternary nitrogens is 1. The Morgan fingerprint density at radius 2 is 2.00 bits per heavy atom. The fourth-order valence-electron chi connectivity index (χ4n) is 0.424. The summed E-state index contributed by atoms with van der Waals surface area (Å²) < 4.78 is 4.47. The SMILES string of the molecule is COC(=O)[C@H]([NH3+])C(C)C. The van der Waals surface area contributed by atoms with Crippen LogP contribution < -0.4 is 5.73 Å². The molecule has 3 N–H and O–H groups in total. The van der Waals surface area contributed by atoms with Crippen LogP contribution in [-0.2, 0) is 9.53 Å². The van der Waals surface area contributed by atoms with Crippen molar-refractivity contribution in [2.45, 2.75) is 19.9 Å². The molecule has 0 aliphatic carbocycles. The van der Waals surface area contributed by atoms with Crippen LogP contribution in [0.3, 0.4) is 0 Å². The fourth-order valence-corrected chi connectivity index (χ4v) is 0.424. The third-order valence-corrected chi connectivity index (χ3v) is 1.31. The quantitative estimate of drug-likeness (QED) is 0.511. The van der Waals surface area contributed by atoms with Crippen LogP contribution in [0.15, 0.2) is 0 Å². The molecule has 0 fully saturated rings. The molecule has 0 aromatic rings. The lowest BCUT2D eigenvalue weighted by atomic mass is 10.1. The van der Waals surface area contributed by atoms with Crippen LogP contribution in [0.2, 0.25) is 0 Å². The lowest BCUT2D eigenvalue weighted by Gasteiger charge is -2.07. The molecule has 0 aliphatic heterocycles. The smallest absolute Gasteiger partial charge is 0.364 e. The van der Waals surface area contributed by atoms with Gasteiger partial charge in [-0.25, -0.2) is 4.79 Å². The van der Waals surface area contributed by atoms with Crippen molar-refractivity contribution in [1.82, 2.24) is 0 Å². The van der Waals surface area contributed by atoms with E-state index in [0.717, 1.165) is 0 Å². The molecule has 0 amide bonds. The molecule has 0 aliphatic rings. The highest BCUT2D eigenvalue weighted by molar-refractivity contribution is 5.73. The summed E-state index contributed by atoms with van der Waals surface area (Å²) in [7, 11) is 1.38. The van der Waals surface area contributed by atoms with E-state index >= 15 is 0 Å². The molecule has 0 aromatic heterocycles. The van der Waals surface area contributed by atoms with Crippen molar-refractivity contribution in [3.63, 3.8) is 0 Å². The molecule has 0 rings (SSSR count). The van der Waals surface area contributed by atoms with Gasteiger partial charge in [-0.15, -0.1) is 0 Å². The normalized spacial score (nSPS) is 13.4. The molecule has 0 aromatic carbocycles. The summed E-state index contributed by atoms with van der Waals surface area (Å²) >= 11 is 0. The molecule has 54 valence electrons. The molecule has 0 radical (unpaired) electrons. The van der Waals surface area contributed by atoms with Gasteiger partial charge < -0.3 is 10.5 Å². The van der Waals surface area contributed by atoms with Gasteiger partial charge in [-0.05, 0) is 0 Å². The largest absolute Gasteiger partial charge is 0.465 e. The fraction of sp³-hybridized carbons (Fsp3) is 0.833. The van der Waals surface area contributed by atoms with Crippen LogP contribution >= 0.6 is 0 Å². The van der Waals surface area contributed by atoms with Crippen LogP contribution in [-0.4, -0.2) is 19.1 Å². The highest BCUT2D eigenvalue weighted by Crippen LogP contribution is 1.96. The van der Waals surface area contributed by atoms with Gasteiger partial charge in [0, 0.05) is 5.92 Å². The van der Waals surface area contributed by atoms with Crippen molar-refractivity contribution in [2.24, 2.45) is 5.92 Å². The van der Waals surface area contributed by atoms with Crippen molar-refractivity contribution < 1.29 is 15.3 Å². The molecule has 0 saturated heterocycles. The second-order valence-electron chi connectivity index (χ2n) is 2.37. The van der Waals surface area contributed by atoms with Crippen molar-refractivity contribution >= 4 is 5.97 Å². The zero-order valence-electron chi connectivity index (χ0n) is 6.18. The molecule has 0 heterocycles. The minimum absolute atomic E-state index is 0.227. The molecule has 0 unspecified atom stereocenters. The van der Waals surface area contributed by atoms with Crippen molar-refractivity contribution in [2.75, 3.05) is 7.11 Å². The summed E-state index contributed by atoms with van der Waals surface area (Å²) in [5, 5.41) is 0. The summed E-state index contributed by atoms with van der Waals surface area (Å²) in [6.07, 6.45) is 0. The second-order valence-corrected chi connectivity index (χ2v) is 2.37. The lowest BCUT2D eigenvalue weighted by Crippen LogP contribution is -2.67. The predicted molar refractivity (Wildman–Crippen MR) is 33.5 cm³/mol. The third-order valence-electron chi connectivity index (χ3n) is 1.31. The lowest BCUT2D eigenvalue weighted by molar-refractivity contribution is -0.418. The maximum Gasteiger partial charge on any atom is 0.364 e. The molecule has 9 heavy (non-hydrogen) atoms. The van der Waals surface area contributed by atoms with Gasteiger partial charge in [0.2, 0.25) is 0 Å². The molecular formula is C6H14NO2+. The molecule has 0 spiro atoms. The van der Waals surface area contributed by atoms with Crippen LogP contribution in [0, 0.1) is 5.92 Å². The molecule has 0 saturated carbocycles. The number of carbonyl (C=O) groups excluding carboxylic acids is 1. The van der Waals surface area contributed by atoms with Crippen LogP contribution in [0.25, 0.3) is 0 Å². The first-order valence-electron chi connectivity index (χ1n) is 3.00. The maximum absolute atomic E-state index is 10.7. The first kappa shape index (κ1) is 8.43. The van der Waals surface area contributed by atoms with E-state index in [0.29, 0.717) is 0 Å². The number of esters is 1. The number of carbonyl (C=O) groups is 1.